The lowest BCUT2D eigenvalue weighted by molar-refractivity contribution is 0.0544. The minimum absolute atomic E-state index is 0. The maximum atomic E-state index is 9.77. The molecule has 0 amide bonds. The van der Waals surface area contributed by atoms with Gasteiger partial charge in [0, 0.05) is 5.54 Å². The molecular formula is C16H22ClNO. The Bertz CT molecular complexity index is 511. The van der Waals surface area contributed by atoms with Crippen LogP contribution in [0.15, 0.2) is 18.2 Å². The van der Waals surface area contributed by atoms with Gasteiger partial charge in [-0.1, -0.05) is 13.0 Å². The second kappa shape index (κ2) is 3.89. The lowest BCUT2D eigenvalue weighted by Crippen LogP contribution is -2.52. The number of hydrogen-bond acceptors (Lipinski definition) is 2. The topological polar surface area (TPSA) is 46.2 Å². The first-order valence-corrected chi connectivity index (χ1v) is 7.08. The van der Waals surface area contributed by atoms with Crippen molar-refractivity contribution in [3.63, 3.8) is 0 Å². The third-order valence-corrected chi connectivity index (χ3v) is 5.51. The smallest absolute Gasteiger partial charge is 0.115 e. The van der Waals surface area contributed by atoms with E-state index in [9.17, 15) is 5.11 Å². The molecule has 1 aromatic rings. The molecule has 3 N–H and O–H groups in total. The number of rotatable bonds is 0. The van der Waals surface area contributed by atoms with Crippen molar-refractivity contribution in [3.8, 4) is 5.75 Å². The maximum Gasteiger partial charge on any atom is 0.115 e. The van der Waals surface area contributed by atoms with Crippen molar-refractivity contribution >= 4 is 12.4 Å². The molecule has 4 aliphatic rings. The predicted octanol–water partition coefficient (Wildman–Crippen LogP) is 3.68. The van der Waals surface area contributed by atoms with Crippen molar-refractivity contribution in [2.24, 2.45) is 11.1 Å². The number of hydrogen-bond donors (Lipinski definition) is 2. The molecule has 2 fully saturated rings. The zero-order valence-corrected chi connectivity index (χ0v) is 12.2. The van der Waals surface area contributed by atoms with E-state index in [2.05, 4.69) is 13.0 Å². The first-order valence-electron chi connectivity index (χ1n) is 7.08. The summed E-state index contributed by atoms with van der Waals surface area (Å²) in [6.45, 7) is 2.42. The molecule has 0 spiro atoms. The number of halogens is 1. The molecule has 5 rings (SSSR count). The Hall–Kier alpha value is -0.730. The van der Waals surface area contributed by atoms with E-state index in [-0.39, 0.29) is 17.9 Å². The molecule has 0 heterocycles. The average molecular weight is 280 g/mol. The van der Waals surface area contributed by atoms with E-state index in [0.29, 0.717) is 23.0 Å². The van der Waals surface area contributed by atoms with E-state index in [0.717, 1.165) is 12.8 Å². The van der Waals surface area contributed by atoms with E-state index in [1.807, 2.05) is 12.1 Å². The average Bonchev–Trinajstić information content (AvgIpc) is 2.36. The highest BCUT2D eigenvalue weighted by Gasteiger charge is 2.53. The number of aromatic hydroxyl groups is 1. The molecule has 2 nitrogen and oxygen atoms in total. The monoisotopic (exact) mass is 279 g/mol. The second-order valence-electron chi connectivity index (χ2n) is 7.37. The summed E-state index contributed by atoms with van der Waals surface area (Å²) < 4.78 is 0. The van der Waals surface area contributed by atoms with Crippen LogP contribution in [0.3, 0.4) is 0 Å². The summed E-state index contributed by atoms with van der Waals surface area (Å²) in [4.78, 5) is 0. The molecule has 1 aromatic carbocycles. The lowest BCUT2D eigenvalue weighted by Gasteiger charge is -2.52. The fraction of sp³-hybridized carbons (Fsp3) is 0.625. The zero-order valence-electron chi connectivity index (χ0n) is 11.4. The first-order chi connectivity index (χ1) is 8.46. The summed E-state index contributed by atoms with van der Waals surface area (Å²) >= 11 is 0. The Morgan fingerprint density at radius 2 is 1.74 bits per heavy atom. The van der Waals surface area contributed by atoms with Crippen molar-refractivity contribution in [1.29, 1.82) is 0 Å². The van der Waals surface area contributed by atoms with Gasteiger partial charge in [0.15, 0.2) is 0 Å². The third-order valence-electron chi connectivity index (χ3n) is 5.51. The minimum atomic E-state index is 0. The third kappa shape index (κ3) is 1.88. The molecule has 2 saturated carbocycles. The number of phenolic OH excluding ortho intramolecular Hbond substituents is 1. The van der Waals surface area contributed by atoms with Crippen molar-refractivity contribution in [3.05, 3.63) is 29.3 Å². The van der Waals surface area contributed by atoms with E-state index in [4.69, 9.17) is 5.73 Å². The van der Waals surface area contributed by atoms with Gasteiger partial charge in [-0.3, -0.25) is 0 Å². The summed E-state index contributed by atoms with van der Waals surface area (Å²) in [5, 5.41) is 9.77. The highest BCUT2D eigenvalue weighted by Crippen LogP contribution is 2.62. The normalized spacial score (nSPS) is 42.4. The Labute approximate surface area is 120 Å². The van der Waals surface area contributed by atoms with Crippen LogP contribution in [0.4, 0.5) is 0 Å². The fourth-order valence-electron chi connectivity index (χ4n) is 5.35. The van der Waals surface area contributed by atoms with Crippen molar-refractivity contribution in [1.82, 2.24) is 0 Å². The first kappa shape index (κ1) is 13.3. The van der Waals surface area contributed by atoms with Crippen LogP contribution in [-0.4, -0.2) is 10.6 Å². The number of benzene rings is 1. The molecule has 4 unspecified atom stereocenters. The second-order valence-corrected chi connectivity index (χ2v) is 7.37. The predicted molar refractivity (Wildman–Crippen MR) is 78.9 cm³/mol. The Morgan fingerprint density at radius 1 is 1.11 bits per heavy atom. The molecule has 0 radical (unpaired) electrons. The molecule has 4 atom stereocenters. The molecule has 0 aromatic heterocycles. The van der Waals surface area contributed by atoms with Crippen LogP contribution >= 0.6 is 12.4 Å². The number of phenols is 1. The van der Waals surface area contributed by atoms with Crippen molar-refractivity contribution < 1.29 is 5.11 Å². The van der Waals surface area contributed by atoms with Gasteiger partial charge in [-0.2, -0.15) is 0 Å². The minimum Gasteiger partial charge on any atom is -0.508 e. The molecule has 19 heavy (non-hydrogen) atoms. The van der Waals surface area contributed by atoms with Gasteiger partial charge in [0.1, 0.15) is 5.75 Å². The molecular weight excluding hydrogens is 258 g/mol. The Balaban J connectivity index is 0.00000110. The molecule has 104 valence electrons. The van der Waals surface area contributed by atoms with Crippen molar-refractivity contribution in [2.75, 3.05) is 0 Å². The fourth-order valence-corrected chi connectivity index (χ4v) is 5.35. The van der Waals surface area contributed by atoms with Gasteiger partial charge in [0.25, 0.3) is 0 Å². The lowest BCUT2D eigenvalue weighted by atomic mass is 9.56. The summed E-state index contributed by atoms with van der Waals surface area (Å²) in [7, 11) is 0. The van der Waals surface area contributed by atoms with Crippen LogP contribution in [0, 0.1) is 5.41 Å². The standard InChI is InChI=1S/C16H21NO.ClH/c1-15-5-10-7-16(17,9-15)8-11(6-15)14-4-12(18)2-3-13(10)14;/h2-4,10-11,18H,5-9,17H2,1H3;1H. The summed E-state index contributed by atoms with van der Waals surface area (Å²) in [6, 6.07) is 5.98. The van der Waals surface area contributed by atoms with Gasteiger partial charge in [-0.25, -0.2) is 0 Å². The highest BCUT2D eigenvalue weighted by atomic mass is 35.5. The van der Waals surface area contributed by atoms with Gasteiger partial charge in [-0.15, -0.1) is 12.4 Å². The zero-order chi connectivity index (χ0) is 12.5. The molecule has 4 aliphatic carbocycles. The molecule has 3 heteroatoms. The van der Waals surface area contributed by atoms with Crippen LogP contribution in [0.25, 0.3) is 0 Å². The largest absolute Gasteiger partial charge is 0.508 e. The van der Waals surface area contributed by atoms with Crippen LogP contribution in [-0.2, 0) is 0 Å². The van der Waals surface area contributed by atoms with Gasteiger partial charge in [-0.05, 0) is 72.6 Å². The molecule has 0 saturated heterocycles. The number of nitrogens with two attached hydrogens (primary N) is 1. The van der Waals surface area contributed by atoms with Crippen LogP contribution in [0.1, 0.15) is 62.0 Å². The maximum absolute atomic E-state index is 9.77. The van der Waals surface area contributed by atoms with E-state index in [1.54, 1.807) is 0 Å². The van der Waals surface area contributed by atoms with E-state index < -0.39 is 0 Å². The molecule has 0 aliphatic heterocycles. The van der Waals surface area contributed by atoms with Crippen LogP contribution in [0.5, 0.6) is 5.75 Å². The molecule has 4 bridgehead atoms. The van der Waals surface area contributed by atoms with E-state index in [1.165, 1.54) is 30.4 Å². The van der Waals surface area contributed by atoms with Crippen LogP contribution < -0.4 is 5.73 Å². The van der Waals surface area contributed by atoms with Crippen molar-refractivity contribution in [2.45, 2.75) is 56.4 Å². The van der Waals surface area contributed by atoms with Gasteiger partial charge in [0.2, 0.25) is 0 Å². The quantitative estimate of drug-likeness (QED) is 0.761. The highest BCUT2D eigenvalue weighted by molar-refractivity contribution is 5.85. The van der Waals surface area contributed by atoms with Gasteiger partial charge >= 0.3 is 0 Å². The Morgan fingerprint density at radius 3 is 2.37 bits per heavy atom. The Kier molecular flexibility index (Phi) is 2.72. The van der Waals surface area contributed by atoms with Gasteiger partial charge in [0.05, 0.1) is 0 Å². The summed E-state index contributed by atoms with van der Waals surface area (Å²) in [6.07, 6.45) is 5.96. The summed E-state index contributed by atoms with van der Waals surface area (Å²) in [5.74, 6) is 1.58. The van der Waals surface area contributed by atoms with Gasteiger partial charge < -0.3 is 10.8 Å². The SMILES string of the molecule is CC12CC3CC(N)(CC(C1)c1cc(O)ccc13)C2.Cl. The van der Waals surface area contributed by atoms with E-state index >= 15 is 0 Å². The van der Waals surface area contributed by atoms with Crippen LogP contribution in [0.2, 0.25) is 0 Å². The summed E-state index contributed by atoms with van der Waals surface area (Å²) in [5.41, 5.74) is 9.96.